The quantitative estimate of drug-likeness (QED) is 0.175. The Labute approximate surface area is 341 Å². The second-order valence-electron chi connectivity index (χ2n) is 14.2. The van der Waals surface area contributed by atoms with Crippen LogP contribution in [0, 0.1) is 0 Å². The van der Waals surface area contributed by atoms with Crippen molar-refractivity contribution in [3.8, 4) is 22.6 Å². The molecule has 2 aliphatic rings. The Hall–Kier alpha value is -8.50. The van der Waals surface area contributed by atoms with Crippen LogP contribution in [0.3, 0.4) is 0 Å². The predicted molar refractivity (Wildman–Crippen MR) is 226 cm³/mol. The molecule has 10 nitrogen and oxygen atoms in total. The average Bonchev–Trinajstić information content (AvgIpc) is 3.27. The highest BCUT2D eigenvalue weighted by Crippen LogP contribution is 2.44. The Morgan fingerprint density at radius 3 is 1.38 bits per heavy atom. The molecule has 0 aromatic heterocycles. The van der Waals surface area contributed by atoms with E-state index >= 15 is 0 Å². The van der Waals surface area contributed by atoms with Gasteiger partial charge in [0.05, 0.1) is 22.5 Å². The molecule has 0 unspecified atom stereocenters. The zero-order chi connectivity index (χ0) is 41.1. The number of ether oxygens (including phenoxy) is 2. The van der Waals surface area contributed by atoms with Crippen LogP contribution in [0.1, 0.15) is 63.7 Å². The van der Waals surface area contributed by atoms with E-state index in [-0.39, 0.29) is 78.5 Å². The Balaban J connectivity index is 1.09. The van der Waals surface area contributed by atoms with Crippen LogP contribution in [0.5, 0.6) is 11.5 Å². The molecule has 60 heavy (non-hydrogen) atoms. The molecule has 2 amide bonds. The summed E-state index contributed by atoms with van der Waals surface area (Å²) in [4.78, 5) is 84.9. The minimum Gasteiger partial charge on any atom is -0.410 e. The Morgan fingerprint density at radius 1 is 0.367 bits per heavy atom. The van der Waals surface area contributed by atoms with Gasteiger partial charge in [-0.25, -0.2) is 9.59 Å². The van der Waals surface area contributed by atoms with Crippen molar-refractivity contribution >= 4 is 68.2 Å². The maximum atomic E-state index is 14.6. The minimum atomic E-state index is -0.903. The van der Waals surface area contributed by atoms with E-state index in [1.165, 1.54) is 48.5 Å². The van der Waals surface area contributed by atoms with E-state index in [4.69, 9.17) is 9.47 Å². The van der Waals surface area contributed by atoms with E-state index in [2.05, 4.69) is 10.6 Å². The average molecular weight is 785 g/mol. The summed E-state index contributed by atoms with van der Waals surface area (Å²) < 4.78 is 11.4. The lowest BCUT2D eigenvalue weighted by Crippen LogP contribution is -2.27. The number of nitrogens with one attached hydrogen (secondary N) is 2. The van der Waals surface area contributed by atoms with Crippen LogP contribution in [-0.2, 0) is 0 Å². The maximum absolute atomic E-state index is 14.6. The van der Waals surface area contributed by atoms with Gasteiger partial charge in [0.15, 0.2) is 23.1 Å². The summed E-state index contributed by atoms with van der Waals surface area (Å²) in [6.45, 7) is 0. The summed E-state index contributed by atoms with van der Waals surface area (Å²) in [6, 6.07) is 44.0. The molecule has 0 heterocycles. The van der Waals surface area contributed by atoms with Gasteiger partial charge in [-0.3, -0.25) is 29.8 Å². The largest absolute Gasteiger partial charge is 0.417 e. The fourth-order valence-electron chi connectivity index (χ4n) is 8.10. The highest BCUT2D eigenvalue weighted by Gasteiger charge is 2.39. The number of anilines is 2. The van der Waals surface area contributed by atoms with Crippen LogP contribution in [0.15, 0.2) is 158 Å². The summed E-state index contributed by atoms with van der Waals surface area (Å²) in [5.74, 6) is -1.61. The lowest BCUT2D eigenvalue weighted by atomic mass is 9.75. The molecule has 0 atom stereocenters. The molecule has 0 saturated carbocycles. The van der Waals surface area contributed by atoms with Crippen molar-refractivity contribution in [2.24, 2.45) is 0 Å². The lowest BCUT2D eigenvalue weighted by Gasteiger charge is -2.26. The summed E-state index contributed by atoms with van der Waals surface area (Å²) in [7, 11) is 0. The van der Waals surface area contributed by atoms with Crippen molar-refractivity contribution in [1.82, 2.24) is 0 Å². The van der Waals surface area contributed by atoms with E-state index in [0.29, 0.717) is 5.39 Å². The first-order valence-electron chi connectivity index (χ1n) is 18.9. The maximum Gasteiger partial charge on any atom is 0.417 e. The number of carbonyl (C=O) groups excluding carboxylic acids is 6. The molecule has 8 aromatic rings. The highest BCUT2D eigenvalue weighted by atomic mass is 16.6. The third-order valence-corrected chi connectivity index (χ3v) is 10.8. The van der Waals surface area contributed by atoms with Gasteiger partial charge in [-0.1, -0.05) is 127 Å². The van der Waals surface area contributed by atoms with E-state index < -0.39 is 35.3 Å². The summed E-state index contributed by atoms with van der Waals surface area (Å²) in [5.41, 5.74) is 0.443. The summed E-state index contributed by atoms with van der Waals surface area (Å²) in [5, 5.41) is 8.69. The molecule has 10 rings (SSSR count). The number of hydrogen-bond donors (Lipinski definition) is 2. The van der Waals surface area contributed by atoms with Crippen LogP contribution >= 0.6 is 0 Å². The van der Waals surface area contributed by atoms with Gasteiger partial charge in [0.1, 0.15) is 11.5 Å². The van der Waals surface area contributed by atoms with Gasteiger partial charge in [-0.05, 0) is 57.6 Å². The molecule has 0 spiro atoms. The normalized spacial score (nSPS) is 12.6. The number of hydrogen-bond acceptors (Lipinski definition) is 8. The molecule has 10 heteroatoms. The Morgan fingerprint density at radius 2 is 0.817 bits per heavy atom. The summed E-state index contributed by atoms with van der Waals surface area (Å²) >= 11 is 0. The first-order chi connectivity index (χ1) is 29.2. The van der Waals surface area contributed by atoms with Gasteiger partial charge < -0.3 is 9.47 Å². The first-order valence-corrected chi connectivity index (χ1v) is 18.9. The van der Waals surface area contributed by atoms with Crippen LogP contribution in [0.2, 0.25) is 0 Å². The molecule has 0 fully saturated rings. The minimum absolute atomic E-state index is 0.00294. The van der Waals surface area contributed by atoms with E-state index in [1.54, 1.807) is 48.5 Å². The fourth-order valence-corrected chi connectivity index (χ4v) is 8.10. The number of amides is 2. The lowest BCUT2D eigenvalue weighted by molar-refractivity contribution is 0.0978. The number of rotatable bonds is 5. The molecule has 0 aliphatic heterocycles. The second-order valence-corrected chi connectivity index (χ2v) is 14.2. The zero-order valence-electron chi connectivity index (χ0n) is 31.3. The van der Waals surface area contributed by atoms with E-state index in [1.807, 2.05) is 60.7 Å². The fraction of sp³-hybridized carbons (Fsp3) is 0. The monoisotopic (exact) mass is 784 g/mol. The number of ketones is 4. The summed E-state index contributed by atoms with van der Waals surface area (Å²) in [6.07, 6.45) is -1.80. The topological polar surface area (TPSA) is 145 Å². The number of benzene rings is 8. The molecular weight excluding hydrogens is 757 g/mol. The van der Waals surface area contributed by atoms with Gasteiger partial charge >= 0.3 is 12.2 Å². The molecule has 2 N–H and O–H groups in total. The van der Waals surface area contributed by atoms with Crippen molar-refractivity contribution in [3.63, 3.8) is 0 Å². The molecule has 0 radical (unpaired) electrons. The van der Waals surface area contributed by atoms with Gasteiger partial charge in [-0.2, -0.15) is 0 Å². The van der Waals surface area contributed by atoms with Crippen LogP contribution < -0.4 is 20.1 Å². The van der Waals surface area contributed by atoms with Gasteiger partial charge in [0.25, 0.3) is 0 Å². The van der Waals surface area contributed by atoms with Crippen LogP contribution in [-0.4, -0.2) is 35.3 Å². The van der Waals surface area contributed by atoms with Crippen molar-refractivity contribution in [2.45, 2.75) is 0 Å². The Kier molecular flexibility index (Phi) is 8.46. The van der Waals surface area contributed by atoms with Gasteiger partial charge in [0, 0.05) is 38.8 Å². The van der Waals surface area contributed by atoms with Crippen molar-refractivity contribution in [1.29, 1.82) is 0 Å². The molecule has 0 bridgehead atoms. The van der Waals surface area contributed by atoms with Crippen molar-refractivity contribution in [2.75, 3.05) is 10.6 Å². The first kappa shape index (κ1) is 35.9. The number of fused-ring (bicyclic) bond motifs is 6. The van der Waals surface area contributed by atoms with Crippen LogP contribution in [0.25, 0.3) is 32.7 Å². The van der Waals surface area contributed by atoms with E-state index in [9.17, 15) is 28.8 Å². The molecule has 0 saturated heterocycles. The smallest absolute Gasteiger partial charge is 0.410 e. The predicted octanol–water partition coefficient (Wildman–Crippen LogP) is 10.4. The molecule has 8 aromatic carbocycles. The van der Waals surface area contributed by atoms with Crippen molar-refractivity contribution < 1.29 is 38.2 Å². The second kappa shape index (κ2) is 14.2. The molecule has 286 valence electrons. The zero-order valence-corrected chi connectivity index (χ0v) is 31.3. The third kappa shape index (κ3) is 5.90. The van der Waals surface area contributed by atoms with Crippen molar-refractivity contribution in [3.05, 3.63) is 202 Å². The standard InChI is InChI=1S/C50H28N2O8/c53-45-34-15-5-7-17-36(34)47(55)43-38(51-49(57)59-30-21-20-27-10-1-2-12-29(27)26-30)24-22-32(41(43)45)33-23-25-39(44-42(33)46(54)35-16-6-8-18-37(35)48(44)56)52-50(58)60-40-19-9-13-28-11-3-4-14-31(28)40/h1-26H,(H,51,57)(H,52,58). The number of carbonyl (C=O) groups is 6. The molecule has 2 aliphatic carbocycles. The Bertz CT molecular complexity index is 3230. The molecular formula is C50H28N2O8. The highest BCUT2D eigenvalue weighted by molar-refractivity contribution is 6.35. The SMILES string of the molecule is O=C(Nc1ccc(-c2ccc(NC(=O)Oc3cccc4ccccc34)c3c2C(=O)c2ccccc2C3=O)c2c1C(=O)c1ccccc1C2=O)Oc1ccc2ccccc2c1. The van der Waals surface area contributed by atoms with E-state index in [0.717, 1.165) is 16.2 Å². The van der Waals surface area contributed by atoms with Gasteiger partial charge in [-0.15, -0.1) is 0 Å². The van der Waals surface area contributed by atoms with Gasteiger partial charge in [0.2, 0.25) is 0 Å². The third-order valence-electron chi connectivity index (χ3n) is 10.8. The van der Waals surface area contributed by atoms with Crippen LogP contribution in [0.4, 0.5) is 21.0 Å².